The maximum Gasteiger partial charge on any atom is 0.358 e. The van der Waals surface area contributed by atoms with Crippen LogP contribution in [0.25, 0.3) is 11.4 Å². The van der Waals surface area contributed by atoms with Gasteiger partial charge in [0.15, 0.2) is 5.69 Å². The number of aryl methyl sites for hydroxylation is 1. The molecule has 0 spiro atoms. The van der Waals surface area contributed by atoms with E-state index < -0.39 is 5.97 Å². The molecule has 0 fully saturated rings. The number of hydrogen-bond donors (Lipinski definition) is 1. The number of nitrogens with one attached hydrogen (secondary N) is 1. The van der Waals surface area contributed by atoms with Crippen LogP contribution < -0.4 is 0 Å². The number of H-pyrrole nitrogens is 1. The van der Waals surface area contributed by atoms with Crippen LogP contribution in [-0.4, -0.2) is 23.0 Å². The first-order chi connectivity index (χ1) is 8.13. The Balaban J connectivity index is 2.49. The minimum atomic E-state index is -0.433. The van der Waals surface area contributed by atoms with E-state index in [1.807, 2.05) is 24.3 Å². The summed E-state index contributed by atoms with van der Waals surface area (Å²) in [6.07, 6.45) is 0. The SMILES string of the molecule is COC(=O)c1nc(-c2ccccc2Br)[nH]c1C. The molecule has 2 rings (SSSR count). The van der Waals surface area contributed by atoms with Crippen LogP contribution in [-0.2, 0) is 4.74 Å². The van der Waals surface area contributed by atoms with Gasteiger partial charge in [0.1, 0.15) is 5.82 Å². The highest BCUT2D eigenvalue weighted by atomic mass is 79.9. The van der Waals surface area contributed by atoms with Crippen LogP contribution in [0.5, 0.6) is 0 Å². The van der Waals surface area contributed by atoms with Gasteiger partial charge < -0.3 is 9.72 Å². The lowest BCUT2D eigenvalue weighted by molar-refractivity contribution is 0.0594. The lowest BCUT2D eigenvalue weighted by atomic mass is 10.2. The minimum Gasteiger partial charge on any atom is -0.464 e. The molecule has 0 radical (unpaired) electrons. The molecule has 1 aromatic carbocycles. The summed E-state index contributed by atoms with van der Waals surface area (Å²) in [6.45, 7) is 1.79. The summed E-state index contributed by atoms with van der Waals surface area (Å²) < 4.78 is 5.58. The third-order valence-electron chi connectivity index (χ3n) is 2.39. The second-order valence-corrected chi connectivity index (χ2v) is 4.38. The van der Waals surface area contributed by atoms with Crippen molar-refractivity contribution in [2.45, 2.75) is 6.92 Å². The Morgan fingerprint density at radius 2 is 2.12 bits per heavy atom. The van der Waals surface area contributed by atoms with Crippen molar-refractivity contribution in [2.24, 2.45) is 0 Å². The Morgan fingerprint density at radius 3 is 2.76 bits per heavy atom. The average molecular weight is 295 g/mol. The van der Waals surface area contributed by atoms with E-state index in [1.165, 1.54) is 7.11 Å². The fraction of sp³-hybridized carbons (Fsp3) is 0.167. The first-order valence-corrected chi connectivity index (χ1v) is 5.82. The summed E-state index contributed by atoms with van der Waals surface area (Å²) in [7, 11) is 1.34. The monoisotopic (exact) mass is 294 g/mol. The first kappa shape index (κ1) is 11.9. The van der Waals surface area contributed by atoms with E-state index >= 15 is 0 Å². The summed E-state index contributed by atoms with van der Waals surface area (Å²) in [5, 5.41) is 0. The van der Waals surface area contributed by atoms with Crippen LogP contribution in [0, 0.1) is 6.92 Å². The van der Waals surface area contributed by atoms with E-state index in [0.29, 0.717) is 17.2 Å². The predicted molar refractivity (Wildman–Crippen MR) is 67.8 cm³/mol. The highest BCUT2D eigenvalue weighted by molar-refractivity contribution is 9.10. The molecule has 4 nitrogen and oxygen atoms in total. The lowest BCUT2D eigenvalue weighted by Gasteiger charge is -1.99. The van der Waals surface area contributed by atoms with E-state index in [2.05, 4.69) is 30.6 Å². The molecule has 1 N–H and O–H groups in total. The number of hydrogen-bond acceptors (Lipinski definition) is 3. The van der Waals surface area contributed by atoms with Crippen molar-refractivity contribution in [3.8, 4) is 11.4 Å². The van der Waals surface area contributed by atoms with Crippen molar-refractivity contribution in [3.05, 3.63) is 40.1 Å². The van der Waals surface area contributed by atoms with Gasteiger partial charge in [-0.05, 0) is 13.0 Å². The molecule has 17 heavy (non-hydrogen) atoms. The van der Waals surface area contributed by atoms with Crippen LogP contribution >= 0.6 is 15.9 Å². The molecular weight excluding hydrogens is 284 g/mol. The van der Waals surface area contributed by atoms with E-state index in [-0.39, 0.29) is 0 Å². The molecule has 1 heterocycles. The zero-order chi connectivity index (χ0) is 12.4. The number of aromatic nitrogens is 2. The predicted octanol–water partition coefficient (Wildman–Crippen LogP) is 2.93. The van der Waals surface area contributed by atoms with Crippen molar-refractivity contribution in [3.63, 3.8) is 0 Å². The van der Waals surface area contributed by atoms with Crippen LogP contribution in [0.2, 0.25) is 0 Å². The molecule has 0 amide bonds. The largest absolute Gasteiger partial charge is 0.464 e. The maximum atomic E-state index is 11.4. The zero-order valence-electron chi connectivity index (χ0n) is 9.45. The van der Waals surface area contributed by atoms with Crippen LogP contribution in [0.1, 0.15) is 16.2 Å². The van der Waals surface area contributed by atoms with Gasteiger partial charge in [-0.1, -0.05) is 34.1 Å². The number of benzene rings is 1. The van der Waals surface area contributed by atoms with Crippen molar-refractivity contribution < 1.29 is 9.53 Å². The smallest absolute Gasteiger partial charge is 0.358 e. The van der Waals surface area contributed by atoms with E-state index in [1.54, 1.807) is 6.92 Å². The molecule has 0 aliphatic rings. The summed E-state index contributed by atoms with van der Waals surface area (Å²) in [5.41, 5.74) is 1.92. The Morgan fingerprint density at radius 1 is 1.41 bits per heavy atom. The van der Waals surface area contributed by atoms with Crippen LogP contribution in [0.3, 0.4) is 0 Å². The summed E-state index contributed by atoms with van der Waals surface area (Å²) in [5.74, 6) is 0.215. The molecule has 88 valence electrons. The second kappa shape index (κ2) is 4.71. The number of halogens is 1. The van der Waals surface area contributed by atoms with Crippen molar-refractivity contribution in [2.75, 3.05) is 7.11 Å². The number of ether oxygens (including phenoxy) is 1. The Kier molecular flexibility index (Phi) is 3.28. The maximum absolute atomic E-state index is 11.4. The molecule has 0 aliphatic carbocycles. The highest BCUT2D eigenvalue weighted by Gasteiger charge is 2.16. The Hall–Kier alpha value is -1.62. The lowest BCUT2D eigenvalue weighted by Crippen LogP contribution is -2.03. The fourth-order valence-corrected chi connectivity index (χ4v) is 2.01. The summed E-state index contributed by atoms with van der Waals surface area (Å²) >= 11 is 3.44. The molecule has 5 heteroatoms. The van der Waals surface area contributed by atoms with E-state index in [4.69, 9.17) is 0 Å². The molecule has 0 unspecified atom stereocenters. The topological polar surface area (TPSA) is 55.0 Å². The minimum absolute atomic E-state index is 0.318. The molecule has 1 aromatic heterocycles. The molecule has 0 saturated carbocycles. The standard InChI is InChI=1S/C12H11BrN2O2/c1-7-10(12(16)17-2)15-11(14-7)8-5-3-4-6-9(8)13/h3-6H,1-2H3,(H,14,15). The molecule has 0 bridgehead atoms. The molecule has 0 aliphatic heterocycles. The van der Waals surface area contributed by atoms with Gasteiger partial charge in [-0.2, -0.15) is 0 Å². The Labute approximate surface area is 107 Å². The van der Waals surface area contributed by atoms with Gasteiger partial charge in [0.05, 0.1) is 7.11 Å². The summed E-state index contributed by atoms with van der Waals surface area (Å²) in [6, 6.07) is 7.68. The zero-order valence-corrected chi connectivity index (χ0v) is 11.0. The quantitative estimate of drug-likeness (QED) is 0.867. The molecular formula is C12H11BrN2O2. The summed E-state index contributed by atoms with van der Waals surface area (Å²) in [4.78, 5) is 18.8. The van der Waals surface area contributed by atoms with Crippen LogP contribution in [0.15, 0.2) is 28.7 Å². The number of carbonyl (C=O) groups is 1. The molecule has 0 atom stereocenters. The van der Waals surface area contributed by atoms with E-state index in [9.17, 15) is 4.79 Å². The molecule has 2 aromatic rings. The number of esters is 1. The number of imidazole rings is 1. The number of rotatable bonds is 2. The van der Waals surface area contributed by atoms with Crippen LogP contribution in [0.4, 0.5) is 0 Å². The number of carbonyl (C=O) groups excluding carboxylic acids is 1. The molecule has 0 saturated heterocycles. The van der Waals surface area contributed by atoms with Crippen molar-refractivity contribution in [1.82, 2.24) is 9.97 Å². The third-order valence-corrected chi connectivity index (χ3v) is 3.08. The van der Waals surface area contributed by atoms with Gasteiger partial charge >= 0.3 is 5.97 Å². The normalized spacial score (nSPS) is 10.3. The Bertz CT molecular complexity index is 563. The average Bonchev–Trinajstić information content (AvgIpc) is 2.71. The van der Waals surface area contributed by atoms with Crippen molar-refractivity contribution in [1.29, 1.82) is 0 Å². The number of nitrogens with zero attached hydrogens (tertiary/aromatic N) is 1. The van der Waals surface area contributed by atoms with Crippen molar-refractivity contribution >= 4 is 21.9 Å². The van der Waals surface area contributed by atoms with Gasteiger partial charge in [-0.25, -0.2) is 9.78 Å². The van der Waals surface area contributed by atoms with Gasteiger partial charge in [0.2, 0.25) is 0 Å². The second-order valence-electron chi connectivity index (χ2n) is 3.53. The van der Waals surface area contributed by atoms with Gasteiger partial charge in [0.25, 0.3) is 0 Å². The van der Waals surface area contributed by atoms with Gasteiger partial charge in [-0.3, -0.25) is 0 Å². The highest BCUT2D eigenvalue weighted by Crippen LogP contribution is 2.26. The first-order valence-electron chi connectivity index (χ1n) is 5.03. The van der Waals surface area contributed by atoms with Gasteiger partial charge in [0, 0.05) is 15.7 Å². The third kappa shape index (κ3) is 2.24. The number of methoxy groups -OCH3 is 1. The van der Waals surface area contributed by atoms with E-state index in [0.717, 1.165) is 10.0 Å². The van der Waals surface area contributed by atoms with Gasteiger partial charge in [-0.15, -0.1) is 0 Å². The number of aromatic amines is 1. The fourth-order valence-electron chi connectivity index (χ4n) is 1.54.